The molecule has 1 fully saturated rings. The number of amides is 1. The SMILES string of the molecule is O=C(c1occc1-c1ccccc1)N(CCO)C1CCC1. The van der Waals surface area contributed by atoms with Gasteiger partial charge in [-0.15, -0.1) is 0 Å². The van der Waals surface area contributed by atoms with Crippen molar-refractivity contribution in [2.24, 2.45) is 0 Å². The van der Waals surface area contributed by atoms with E-state index in [1.165, 1.54) is 0 Å². The first-order valence-corrected chi connectivity index (χ1v) is 7.36. The Morgan fingerprint density at radius 3 is 2.62 bits per heavy atom. The van der Waals surface area contributed by atoms with Gasteiger partial charge in [-0.05, 0) is 30.9 Å². The second-order valence-corrected chi connectivity index (χ2v) is 5.34. The first kappa shape index (κ1) is 13.9. The van der Waals surface area contributed by atoms with Crippen LogP contribution in [0, 0.1) is 0 Å². The minimum Gasteiger partial charge on any atom is -0.459 e. The molecule has 0 unspecified atom stereocenters. The molecule has 1 aromatic carbocycles. The van der Waals surface area contributed by atoms with E-state index >= 15 is 0 Å². The summed E-state index contributed by atoms with van der Waals surface area (Å²) in [5.74, 6) is 0.235. The predicted molar refractivity (Wildman–Crippen MR) is 79.9 cm³/mol. The molecule has 0 saturated heterocycles. The zero-order valence-corrected chi connectivity index (χ0v) is 11.9. The van der Waals surface area contributed by atoms with E-state index in [2.05, 4.69) is 0 Å². The smallest absolute Gasteiger partial charge is 0.290 e. The number of carbonyl (C=O) groups is 1. The Labute approximate surface area is 124 Å². The number of carbonyl (C=O) groups excluding carboxylic acids is 1. The summed E-state index contributed by atoms with van der Waals surface area (Å²) in [6.07, 6.45) is 4.71. The maximum absolute atomic E-state index is 12.7. The van der Waals surface area contributed by atoms with Gasteiger partial charge in [-0.1, -0.05) is 30.3 Å². The van der Waals surface area contributed by atoms with E-state index in [-0.39, 0.29) is 18.6 Å². The first-order chi connectivity index (χ1) is 10.3. The maximum atomic E-state index is 12.7. The topological polar surface area (TPSA) is 53.7 Å². The number of nitrogens with zero attached hydrogens (tertiary/aromatic N) is 1. The van der Waals surface area contributed by atoms with E-state index in [1.807, 2.05) is 36.4 Å². The van der Waals surface area contributed by atoms with Gasteiger partial charge < -0.3 is 14.4 Å². The molecule has 4 nitrogen and oxygen atoms in total. The van der Waals surface area contributed by atoms with Crippen LogP contribution in [0.1, 0.15) is 29.8 Å². The lowest BCUT2D eigenvalue weighted by molar-refractivity contribution is 0.0496. The molecule has 21 heavy (non-hydrogen) atoms. The van der Waals surface area contributed by atoms with Gasteiger partial charge in [0.15, 0.2) is 5.76 Å². The number of hydrogen-bond acceptors (Lipinski definition) is 3. The van der Waals surface area contributed by atoms with Gasteiger partial charge in [0, 0.05) is 18.2 Å². The fourth-order valence-corrected chi connectivity index (χ4v) is 2.71. The molecule has 0 aliphatic heterocycles. The van der Waals surface area contributed by atoms with Crippen LogP contribution in [0.25, 0.3) is 11.1 Å². The Balaban J connectivity index is 1.89. The Kier molecular flexibility index (Phi) is 4.06. The molecule has 4 heteroatoms. The third-order valence-corrected chi connectivity index (χ3v) is 4.06. The highest BCUT2D eigenvalue weighted by atomic mass is 16.3. The first-order valence-electron chi connectivity index (χ1n) is 7.36. The molecule has 1 aliphatic carbocycles. The monoisotopic (exact) mass is 285 g/mol. The molecule has 1 aliphatic rings. The fourth-order valence-electron chi connectivity index (χ4n) is 2.71. The van der Waals surface area contributed by atoms with E-state index in [4.69, 9.17) is 4.42 Å². The van der Waals surface area contributed by atoms with E-state index in [0.717, 1.165) is 30.4 Å². The molecule has 0 radical (unpaired) electrons. The zero-order chi connectivity index (χ0) is 14.7. The van der Waals surface area contributed by atoms with Gasteiger partial charge in [-0.25, -0.2) is 0 Å². The summed E-state index contributed by atoms with van der Waals surface area (Å²) < 4.78 is 5.45. The van der Waals surface area contributed by atoms with Crippen LogP contribution in [0.3, 0.4) is 0 Å². The third kappa shape index (κ3) is 2.72. The lowest BCUT2D eigenvalue weighted by Crippen LogP contribution is -2.45. The highest BCUT2D eigenvalue weighted by Gasteiger charge is 2.31. The molecular weight excluding hydrogens is 266 g/mol. The Morgan fingerprint density at radius 2 is 2.00 bits per heavy atom. The molecular formula is C17H19NO3. The van der Waals surface area contributed by atoms with Crippen LogP contribution in [-0.4, -0.2) is 35.1 Å². The summed E-state index contributed by atoms with van der Waals surface area (Å²) in [5, 5.41) is 9.21. The fraction of sp³-hybridized carbons (Fsp3) is 0.353. The van der Waals surface area contributed by atoms with Crippen molar-refractivity contribution in [2.45, 2.75) is 25.3 Å². The zero-order valence-electron chi connectivity index (χ0n) is 11.9. The average molecular weight is 285 g/mol. The summed E-state index contributed by atoms with van der Waals surface area (Å²) in [7, 11) is 0. The van der Waals surface area contributed by atoms with Crippen molar-refractivity contribution in [3.63, 3.8) is 0 Å². The second kappa shape index (κ2) is 6.14. The molecule has 110 valence electrons. The molecule has 0 spiro atoms. The lowest BCUT2D eigenvalue weighted by atomic mass is 9.91. The molecule has 0 atom stereocenters. The van der Waals surface area contributed by atoms with Crippen molar-refractivity contribution < 1.29 is 14.3 Å². The Hall–Kier alpha value is -2.07. The number of rotatable bonds is 5. The largest absolute Gasteiger partial charge is 0.459 e. The van der Waals surface area contributed by atoms with Crippen LogP contribution in [-0.2, 0) is 0 Å². The number of aliphatic hydroxyl groups is 1. The summed E-state index contributed by atoms with van der Waals surface area (Å²) >= 11 is 0. The predicted octanol–water partition coefficient (Wildman–Crippen LogP) is 2.93. The molecule has 3 rings (SSSR count). The van der Waals surface area contributed by atoms with E-state index in [9.17, 15) is 9.90 Å². The highest BCUT2D eigenvalue weighted by Crippen LogP contribution is 2.30. The van der Waals surface area contributed by atoms with Gasteiger partial charge in [0.1, 0.15) is 0 Å². The van der Waals surface area contributed by atoms with Crippen LogP contribution < -0.4 is 0 Å². The summed E-state index contributed by atoms with van der Waals surface area (Å²) in [5.41, 5.74) is 1.77. The van der Waals surface area contributed by atoms with Gasteiger partial charge in [0.2, 0.25) is 0 Å². The van der Waals surface area contributed by atoms with Gasteiger partial charge in [-0.2, -0.15) is 0 Å². The van der Waals surface area contributed by atoms with Gasteiger partial charge in [0.25, 0.3) is 5.91 Å². The standard InChI is InChI=1S/C17H19NO3/c19-11-10-18(14-7-4-8-14)17(20)16-15(9-12-21-16)13-5-2-1-3-6-13/h1-3,5-6,9,12,14,19H,4,7-8,10-11H2. The van der Waals surface area contributed by atoms with E-state index < -0.39 is 0 Å². The lowest BCUT2D eigenvalue weighted by Gasteiger charge is -2.36. The number of aliphatic hydroxyl groups excluding tert-OH is 1. The normalized spacial score (nSPS) is 14.7. The summed E-state index contributed by atoms with van der Waals surface area (Å²) in [4.78, 5) is 14.5. The van der Waals surface area contributed by atoms with Crippen LogP contribution >= 0.6 is 0 Å². The Bertz CT molecular complexity index is 602. The van der Waals surface area contributed by atoms with Crippen molar-refractivity contribution in [1.82, 2.24) is 4.90 Å². The van der Waals surface area contributed by atoms with Crippen molar-refractivity contribution in [3.8, 4) is 11.1 Å². The Morgan fingerprint density at radius 1 is 1.24 bits per heavy atom. The van der Waals surface area contributed by atoms with Gasteiger partial charge >= 0.3 is 0 Å². The number of benzene rings is 1. The van der Waals surface area contributed by atoms with Crippen LogP contribution in [0.4, 0.5) is 0 Å². The van der Waals surface area contributed by atoms with Crippen molar-refractivity contribution in [3.05, 3.63) is 48.4 Å². The molecule has 1 heterocycles. The van der Waals surface area contributed by atoms with Crippen LogP contribution in [0.2, 0.25) is 0 Å². The van der Waals surface area contributed by atoms with Crippen molar-refractivity contribution in [1.29, 1.82) is 0 Å². The molecule has 1 N–H and O–H groups in total. The second-order valence-electron chi connectivity index (χ2n) is 5.34. The highest BCUT2D eigenvalue weighted by molar-refractivity contribution is 5.98. The molecule has 1 aromatic heterocycles. The minimum absolute atomic E-state index is 0.0242. The van der Waals surface area contributed by atoms with Crippen molar-refractivity contribution in [2.75, 3.05) is 13.2 Å². The molecule has 2 aromatic rings. The number of furan rings is 1. The average Bonchev–Trinajstić information content (AvgIpc) is 2.94. The summed E-state index contributed by atoms with van der Waals surface area (Å²) in [6.45, 7) is 0.335. The maximum Gasteiger partial charge on any atom is 0.290 e. The van der Waals surface area contributed by atoms with Crippen molar-refractivity contribution >= 4 is 5.91 Å². The summed E-state index contributed by atoms with van der Waals surface area (Å²) in [6, 6.07) is 11.8. The van der Waals surface area contributed by atoms with Crippen LogP contribution in [0.15, 0.2) is 47.1 Å². The van der Waals surface area contributed by atoms with Gasteiger partial charge in [0.05, 0.1) is 12.9 Å². The quantitative estimate of drug-likeness (QED) is 0.919. The molecule has 1 amide bonds. The van der Waals surface area contributed by atoms with E-state index in [0.29, 0.717) is 12.3 Å². The minimum atomic E-state index is -0.127. The molecule has 1 saturated carbocycles. The van der Waals surface area contributed by atoms with Crippen LogP contribution in [0.5, 0.6) is 0 Å². The van der Waals surface area contributed by atoms with Gasteiger partial charge in [-0.3, -0.25) is 4.79 Å². The van der Waals surface area contributed by atoms with E-state index in [1.54, 1.807) is 11.2 Å². The number of hydrogen-bond donors (Lipinski definition) is 1. The third-order valence-electron chi connectivity index (χ3n) is 4.06. The molecule has 0 bridgehead atoms.